The molecule has 0 aliphatic carbocycles. The summed E-state index contributed by atoms with van der Waals surface area (Å²) in [4.78, 5) is 43.8. The second-order valence-corrected chi connectivity index (χ2v) is 8.86. The van der Waals surface area contributed by atoms with E-state index in [4.69, 9.17) is 11.6 Å². The Morgan fingerprint density at radius 1 is 1.27 bits per heavy atom. The van der Waals surface area contributed by atoms with Crippen molar-refractivity contribution in [2.75, 3.05) is 6.54 Å². The highest BCUT2D eigenvalue weighted by Crippen LogP contribution is 2.26. The quantitative estimate of drug-likeness (QED) is 0.558. The molecule has 4 rings (SSSR count). The Morgan fingerprint density at radius 2 is 2.06 bits per heavy atom. The first-order valence-corrected chi connectivity index (χ1v) is 11.1. The monoisotopic (exact) mass is 470 g/mol. The Morgan fingerprint density at radius 3 is 2.82 bits per heavy atom. The average Bonchev–Trinajstić information content (AvgIpc) is 3.36. The van der Waals surface area contributed by atoms with Gasteiger partial charge in [0.15, 0.2) is 5.78 Å². The van der Waals surface area contributed by atoms with Gasteiger partial charge in [-0.1, -0.05) is 30.7 Å². The van der Waals surface area contributed by atoms with Crippen molar-refractivity contribution in [2.24, 2.45) is 5.92 Å². The molecular weight excluding hydrogens is 447 g/mol. The average molecular weight is 471 g/mol. The number of Topliss-reactive ketones (excluding diaryl/α,β-unsaturated/α-hetero) is 1. The number of hydrogen-bond acceptors (Lipinski definition) is 4. The van der Waals surface area contributed by atoms with Crippen LogP contribution in [0.1, 0.15) is 36.2 Å². The third-order valence-electron chi connectivity index (χ3n) is 5.99. The van der Waals surface area contributed by atoms with Gasteiger partial charge in [0.2, 0.25) is 11.8 Å². The molecule has 0 saturated carbocycles. The summed E-state index contributed by atoms with van der Waals surface area (Å²) in [6.45, 7) is 3.86. The van der Waals surface area contributed by atoms with Crippen molar-refractivity contribution in [2.45, 2.75) is 39.4 Å². The van der Waals surface area contributed by atoms with Gasteiger partial charge in [-0.3, -0.25) is 19.4 Å². The zero-order chi connectivity index (χ0) is 23.7. The Balaban J connectivity index is 1.50. The topological polar surface area (TPSA) is 84.3 Å². The van der Waals surface area contributed by atoms with Crippen molar-refractivity contribution in [1.82, 2.24) is 19.8 Å². The lowest BCUT2D eigenvalue weighted by molar-refractivity contribution is -0.138. The van der Waals surface area contributed by atoms with Gasteiger partial charge in [-0.15, -0.1) is 0 Å². The van der Waals surface area contributed by atoms with E-state index in [0.717, 1.165) is 5.39 Å². The Labute approximate surface area is 195 Å². The standard InChI is InChI=1S/C24H24ClFN4O3/c1-14-8-20(24(33)28-9-16-4-3-5-19(25)23(16)26)30(11-14)22(32)13-29-12-18(15(2)31)17-6-7-27-10-21(17)29/h3-7,10,12,14,20H,8-9,11,13H2,1-2H3,(H,28,33)/t14-,20+/m1/s1. The second kappa shape index (κ2) is 9.31. The molecule has 3 heterocycles. The lowest BCUT2D eigenvalue weighted by Crippen LogP contribution is -2.46. The third kappa shape index (κ3) is 4.61. The summed E-state index contributed by atoms with van der Waals surface area (Å²) in [5, 5.41) is 3.46. The summed E-state index contributed by atoms with van der Waals surface area (Å²) in [7, 11) is 0. The number of halogens is 2. The molecule has 172 valence electrons. The molecule has 2 aromatic heterocycles. The summed E-state index contributed by atoms with van der Waals surface area (Å²) in [5.41, 5.74) is 1.48. The van der Waals surface area contributed by atoms with Crippen LogP contribution in [0.4, 0.5) is 4.39 Å². The third-order valence-corrected chi connectivity index (χ3v) is 6.28. The van der Waals surface area contributed by atoms with E-state index in [0.29, 0.717) is 24.0 Å². The number of carbonyl (C=O) groups is 3. The highest BCUT2D eigenvalue weighted by molar-refractivity contribution is 6.30. The number of ketones is 1. The summed E-state index contributed by atoms with van der Waals surface area (Å²) in [6.07, 6.45) is 5.39. The zero-order valence-electron chi connectivity index (χ0n) is 18.3. The van der Waals surface area contributed by atoms with Crippen LogP contribution in [0.5, 0.6) is 0 Å². The van der Waals surface area contributed by atoms with Crippen molar-refractivity contribution >= 4 is 40.1 Å². The van der Waals surface area contributed by atoms with Crippen LogP contribution in [-0.2, 0) is 22.7 Å². The number of nitrogens with zero attached hydrogens (tertiary/aromatic N) is 3. The first-order valence-electron chi connectivity index (χ1n) is 10.7. The fraction of sp³-hybridized carbons (Fsp3) is 0.333. The van der Waals surface area contributed by atoms with Gasteiger partial charge in [-0.25, -0.2) is 4.39 Å². The molecule has 0 bridgehead atoms. The molecule has 2 amide bonds. The normalized spacial score (nSPS) is 18.0. The van der Waals surface area contributed by atoms with Crippen LogP contribution in [0.2, 0.25) is 5.02 Å². The largest absolute Gasteiger partial charge is 0.350 e. The number of aromatic nitrogens is 2. The zero-order valence-corrected chi connectivity index (χ0v) is 19.1. The molecule has 1 N–H and O–H groups in total. The lowest BCUT2D eigenvalue weighted by atomic mass is 10.1. The summed E-state index contributed by atoms with van der Waals surface area (Å²) >= 11 is 5.81. The molecule has 0 spiro atoms. The number of hydrogen-bond donors (Lipinski definition) is 1. The van der Waals surface area contributed by atoms with Gasteiger partial charge >= 0.3 is 0 Å². The van der Waals surface area contributed by atoms with Gasteiger partial charge in [0.1, 0.15) is 18.4 Å². The second-order valence-electron chi connectivity index (χ2n) is 8.45. The van der Waals surface area contributed by atoms with Crippen LogP contribution >= 0.6 is 11.6 Å². The van der Waals surface area contributed by atoms with E-state index < -0.39 is 11.9 Å². The number of nitrogens with one attached hydrogen (secondary N) is 1. The van der Waals surface area contributed by atoms with Crippen molar-refractivity contribution in [3.63, 3.8) is 0 Å². The van der Waals surface area contributed by atoms with Gasteiger partial charge in [-0.05, 0) is 31.4 Å². The van der Waals surface area contributed by atoms with Crippen molar-refractivity contribution < 1.29 is 18.8 Å². The van der Waals surface area contributed by atoms with E-state index in [9.17, 15) is 18.8 Å². The molecule has 33 heavy (non-hydrogen) atoms. The van der Waals surface area contributed by atoms with Crippen LogP contribution in [0, 0.1) is 11.7 Å². The van der Waals surface area contributed by atoms with Crippen LogP contribution < -0.4 is 5.32 Å². The molecule has 7 nitrogen and oxygen atoms in total. The molecule has 1 fully saturated rings. The maximum absolute atomic E-state index is 14.1. The number of pyridine rings is 1. The highest BCUT2D eigenvalue weighted by atomic mass is 35.5. The molecule has 1 aromatic carbocycles. The molecule has 1 aliphatic rings. The van der Waals surface area contributed by atoms with Crippen molar-refractivity contribution in [1.29, 1.82) is 0 Å². The predicted molar refractivity (Wildman–Crippen MR) is 122 cm³/mol. The molecule has 0 radical (unpaired) electrons. The molecule has 3 aromatic rings. The van der Waals surface area contributed by atoms with Crippen LogP contribution in [0.15, 0.2) is 42.9 Å². The number of benzene rings is 1. The molecule has 2 atom stereocenters. The van der Waals surface area contributed by atoms with E-state index in [1.807, 2.05) is 6.92 Å². The SMILES string of the molecule is CC(=O)c1cn(CC(=O)N2C[C@H](C)C[C@H]2C(=O)NCc2cccc(Cl)c2F)c2cnccc12. The van der Waals surface area contributed by atoms with Crippen LogP contribution in [-0.4, -0.2) is 44.6 Å². The van der Waals surface area contributed by atoms with Gasteiger partial charge in [0, 0.05) is 42.0 Å². The summed E-state index contributed by atoms with van der Waals surface area (Å²) in [5.74, 6) is -1.09. The highest BCUT2D eigenvalue weighted by Gasteiger charge is 2.37. The van der Waals surface area contributed by atoms with E-state index >= 15 is 0 Å². The lowest BCUT2D eigenvalue weighted by Gasteiger charge is -2.24. The fourth-order valence-corrected chi connectivity index (χ4v) is 4.53. The molecule has 1 saturated heterocycles. The Bertz CT molecular complexity index is 1240. The molecule has 1 aliphatic heterocycles. The van der Waals surface area contributed by atoms with E-state index in [-0.39, 0.29) is 47.2 Å². The number of amides is 2. The van der Waals surface area contributed by atoms with E-state index in [1.165, 1.54) is 13.0 Å². The minimum absolute atomic E-state index is 0.00795. The van der Waals surface area contributed by atoms with Crippen molar-refractivity contribution in [3.8, 4) is 0 Å². The molecular formula is C24H24ClFN4O3. The predicted octanol–water partition coefficient (Wildman–Crippen LogP) is 3.58. The summed E-state index contributed by atoms with van der Waals surface area (Å²) in [6, 6.07) is 5.71. The van der Waals surface area contributed by atoms with Gasteiger partial charge in [-0.2, -0.15) is 0 Å². The molecule has 9 heteroatoms. The number of fused-ring (bicyclic) bond motifs is 1. The Hall–Kier alpha value is -3.26. The van der Waals surface area contributed by atoms with Gasteiger partial charge in [0.05, 0.1) is 16.7 Å². The summed E-state index contributed by atoms with van der Waals surface area (Å²) < 4.78 is 15.8. The number of carbonyl (C=O) groups excluding carboxylic acids is 3. The minimum atomic E-state index is -0.651. The maximum atomic E-state index is 14.1. The first-order chi connectivity index (χ1) is 15.8. The maximum Gasteiger partial charge on any atom is 0.243 e. The van der Waals surface area contributed by atoms with Gasteiger partial charge in [0.25, 0.3) is 0 Å². The smallest absolute Gasteiger partial charge is 0.243 e. The number of rotatable bonds is 6. The van der Waals surface area contributed by atoms with E-state index in [1.54, 1.807) is 46.3 Å². The fourth-order valence-electron chi connectivity index (χ4n) is 4.34. The van der Waals surface area contributed by atoms with Crippen LogP contribution in [0.25, 0.3) is 10.9 Å². The van der Waals surface area contributed by atoms with Gasteiger partial charge < -0.3 is 14.8 Å². The number of likely N-dealkylation sites (tertiary alicyclic amines) is 1. The van der Waals surface area contributed by atoms with Crippen molar-refractivity contribution in [3.05, 3.63) is 64.8 Å². The van der Waals surface area contributed by atoms with E-state index in [2.05, 4.69) is 10.3 Å². The Kier molecular flexibility index (Phi) is 6.47. The van der Waals surface area contributed by atoms with Crippen LogP contribution in [0.3, 0.4) is 0 Å². The minimum Gasteiger partial charge on any atom is -0.350 e. The first kappa shape index (κ1) is 22.9. The molecule has 0 unspecified atom stereocenters.